The van der Waals surface area contributed by atoms with Crippen LogP contribution in [0.2, 0.25) is 0 Å². The van der Waals surface area contributed by atoms with Crippen molar-refractivity contribution in [3.8, 4) is 0 Å². The van der Waals surface area contributed by atoms with Crippen LogP contribution in [0.1, 0.15) is 46.0 Å². The lowest BCUT2D eigenvalue weighted by Crippen LogP contribution is -2.12. The molecule has 0 heterocycles. The Bertz CT molecular complexity index is 210. The molecular weight excluding hydrogens is 204 g/mol. The highest BCUT2D eigenvalue weighted by Gasteiger charge is 2.06. The first-order valence-electron chi connectivity index (χ1n) is 4.84. The van der Waals surface area contributed by atoms with E-state index < -0.39 is 8.77 Å². The molecule has 0 aliphatic heterocycles. The van der Waals surface area contributed by atoms with Crippen LogP contribution in [0, 0.1) is 0 Å². The molecule has 0 saturated carbocycles. The molecule has 0 aliphatic carbocycles. The lowest BCUT2D eigenvalue weighted by molar-refractivity contribution is 0.231. The minimum atomic E-state index is -2.43. The first-order chi connectivity index (χ1) is 5.95. The molecule has 0 aliphatic rings. The molecule has 4 heteroatoms. The van der Waals surface area contributed by atoms with E-state index in [2.05, 4.69) is 18.1 Å². The Morgan fingerprint density at radius 2 is 2.00 bits per heavy atom. The van der Waals surface area contributed by atoms with Crippen molar-refractivity contribution < 1.29 is 8.39 Å². The first-order valence-corrected chi connectivity index (χ1v) is 7.65. The van der Waals surface area contributed by atoms with Crippen molar-refractivity contribution in [3.05, 3.63) is 0 Å². The molecule has 0 fully saturated rings. The van der Waals surface area contributed by atoms with Gasteiger partial charge in [-0.25, -0.2) is 4.21 Å². The summed E-state index contributed by atoms with van der Waals surface area (Å²) in [4.78, 5) is 0. The van der Waals surface area contributed by atoms with Crippen molar-refractivity contribution in [2.75, 3.05) is 6.26 Å². The molecule has 0 aromatic rings. The zero-order valence-corrected chi connectivity index (χ0v) is 10.4. The van der Waals surface area contributed by atoms with Crippen molar-refractivity contribution in [2.45, 2.75) is 52.1 Å². The van der Waals surface area contributed by atoms with Crippen molar-refractivity contribution in [1.82, 2.24) is 0 Å². The van der Waals surface area contributed by atoms with Crippen molar-refractivity contribution >= 4 is 20.0 Å². The summed E-state index contributed by atoms with van der Waals surface area (Å²) >= 11 is 4.67. The third-order valence-electron chi connectivity index (χ3n) is 1.80. The van der Waals surface area contributed by atoms with Crippen LogP contribution in [-0.4, -0.2) is 16.6 Å². The molecule has 80 valence electrons. The maximum absolute atomic E-state index is 11.1. The monoisotopic (exact) mass is 224 g/mol. The van der Waals surface area contributed by atoms with Crippen molar-refractivity contribution in [3.63, 3.8) is 0 Å². The highest BCUT2D eigenvalue weighted by atomic mass is 32.8. The summed E-state index contributed by atoms with van der Waals surface area (Å²) in [5, 5.41) is 0. The molecule has 0 bridgehead atoms. The van der Waals surface area contributed by atoms with Gasteiger partial charge in [0.1, 0.15) is 8.77 Å². The van der Waals surface area contributed by atoms with Crippen LogP contribution in [0.4, 0.5) is 0 Å². The molecule has 0 radical (unpaired) electrons. The molecule has 0 spiro atoms. The third kappa shape index (κ3) is 10.2. The highest BCUT2D eigenvalue weighted by Crippen LogP contribution is 2.09. The summed E-state index contributed by atoms with van der Waals surface area (Å²) in [6.45, 7) is 4.11. The fourth-order valence-electron chi connectivity index (χ4n) is 1.21. The summed E-state index contributed by atoms with van der Waals surface area (Å²) in [7, 11) is -2.43. The standard InChI is InChI=1S/C9H20O2S2/c1-4-5-6-7-8-9(2)11-13(3,10)12/h9H,4-8H2,1-3H3. The van der Waals surface area contributed by atoms with Crippen LogP contribution in [-0.2, 0) is 24.1 Å². The largest absolute Gasteiger partial charge is 0.287 e. The van der Waals surface area contributed by atoms with Crippen LogP contribution < -0.4 is 0 Å². The van der Waals surface area contributed by atoms with E-state index in [0.717, 1.165) is 12.8 Å². The van der Waals surface area contributed by atoms with Gasteiger partial charge in [-0.1, -0.05) is 32.6 Å². The fourth-order valence-corrected chi connectivity index (χ4v) is 2.30. The van der Waals surface area contributed by atoms with Crippen LogP contribution in [0.15, 0.2) is 0 Å². The average molecular weight is 224 g/mol. The minimum Gasteiger partial charge on any atom is -0.287 e. The van der Waals surface area contributed by atoms with E-state index in [-0.39, 0.29) is 6.10 Å². The first kappa shape index (κ1) is 13.3. The number of hydrogen-bond donors (Lipinski definition) is 0. The Balaban J connectivity index is 3.47. The van der Waals surface area contributed by atoms with E-state index in [9.17, 15) is 4.21 Å². The van der Waals surface area contributed by atoms with Crippen LogP contribution in [0.3, 0.4) is 0 Å². The maximum atomic E-state index is 11.1. The molecule has 2 nitrogen and oxygen atoms in total. The SMILES string of the molecule is CCCCCCC(C)OS(C)(=O)=S. The Kier molecular flexibility index (Phi) is 6.91. The number of rotatable bonds is 7. The Hall–Kier alpha value is 0.330. The summed E-state index contributed by atoms with van der Waals surface area (Å²) in [6, 6.07) is 0. The summed E-state index contributed by atoms with van der Waals surface area (Å²) in [6.07, 6.45) is 7.33. The molecule has 0 aromatic heterocycles. The lowest BCUT2D eigenvalue weighted by atomic mass is 10.1. The topological polar surface area (TPSA) is 26.3 Å². The van der Waals surface area contributed by atoms with Gasteiger partial charge in [0, 0.05) is 17.4 Å². The van der Waals surface area contributed by atoms with Gasteiger partial charge in [-0.2, -0.15) is 0 Å². The van der Waals surface area contributed by atoms with E-state index in [4.69, 9.17) is 4.18 Å². The van der Waals surface area contributed by atoms with Crippen LogP contribution in [0.5, 0.6) is 0 Å². The summed E-state index contributed by atoms with van der Waals surface area (Å²) in [5.74, 6) is 0. The van der Waals surface area contributed by atoms with E-state index in [1.165, 1.54) is 25.5 Å². The molecule has 2 unspecified atom stereocenters. The summed E-state index contributed by atoms with van der Waals surface area (Å²) in [5.41, 5.74) is 0. The number of unbranched alkanes of at least 4 members (excludes halogenated alkanes) is 3. The van der Waals surface area contributed by atoms with Gasteiger partial charge in [-0.15, -0.1) is 0 Å². The van der Waals surface area contributed by atoms with E-state index in [0.29, 0.717) is 0 Å². The van der Waals surface area contributed by atoms with Gasteiger partial charge in [0.2, 0.25) is 0 Å². The Morgan fingerprint density at radius 1 is 1.38 bits per heavy atom. The molecule has 2 atom stereocenters. The highest BCUT2D eigenvalue weighted by molar-refractivity contribution is 8.29. The van der Waals surface area contributed by atoms with Crippen LogP contribution >= 0.6 is 0 Å². The molecule has 0 aromatic carbocycles. The van der Waals surface area contributed by atoms with Gasteiger partial charge in [0.05, 0.1) is 6.10 Å². The van der Waals surface area contributed by atoms with E-state index >= 15 is 0 Å². The molecular formula is C9H20O2S2. The zero-order valence-electron chi connectivity index (χ0n) is 8.75. The average Bonchev–Trinajstić information content (AvgIpc) is 1.94. The van der Waals surface area contributed by atoms with Gasteiger partial charge < -0.3 is 0 Å². The van der Waals surface area contributed by atoms with Gasteiger partial charge in [0.15, 0.2) is 0 Å². The fraction of sp³-hybridized carbons (Fsp3) is 1.00. The van der Waals surface area contributed by atoms with Gasteiger partial charge in [-0.3, -0.25) is 4.18 Å². The van der Waals surface area contributed by atoms with Gasteiger partial charge in [0.25, 0.3) is 0 Å². The minimum absolute atomic E-state index is 0.0341. The molecule has 13 heavy (non-hydrogen) atoms. The smallest absolute Gasteiger partial charge is 0.141 e. The molecule has 0 saturated heterocycles. The Morgan fingerprint density at radius 3 is 2.46 bits per heavy atom. The third-order valence-corrected chi connectivity index (χ3v) is 2.72. The normalized spacial score (nSPS) is 18.1. The molecule has 0 amide bonds. The van der Waals surface area contributed by atoms with E-state index in [1.54, 1.807) is 0 Å². The predicted octanol–water partition coefficient (Wildman–Crippen LogP) is 2.65. The quantitative estimate of drug-likeness (QED) is 0.622. The summed E-state index contributed by atoms with van der Waals surface area (Å²) < 4.78 is 16.2. The van der Waals surface area contributed by atoms with Crippen molar-refractivity contribution in [2.24, 2.45) is 0 Å². The second-order valence-corrected chi connectivity index (χ2v) is 6.88. The Labute approximate surface area is 86.9 Å². The van der Waals surface area contributed by atoms with Gasteiger partial charge in [-0.05, 0) is 13.3 Å². The second kappa shape index (κ2) is 6.74. The van der Waals surface area contributed by atoms with E-state index in [1.807, 2.05) is 6.92 Å². The number of hydrogen-bond acceptors (Lipinski definition) is 3. The predicted molar refractivity (Wildman–Crippen MR) is 60.7 cm³/mol. The second-order valence-electron chi connectivity index (χ2n) is 3.46. The molecule has 0 rings (SSSR count). The van der Waals surface area contributed by atoms with Crippen molar-refractivity contribution in [1.29, 1.82) is 0 Å². The van der Waals surface area contributed by atoms with Crippen LogP contribution in [0.25, 0.3) is 0 Å². The zero-order chi connectivity index (χ0) is 10.3. The molecule has 0 N–H and O–H groups in total. The van der Waals surface area contributed by atoms with Gasteiger partial charge >= 0.3 is 0 Å². The lowest BCUT2D eigenvalue weighted by Gasteiger charge is -2.11. The maximum Gasteiger partial charge on any atom is 0.141 e.